The number of benzene rings is 1. The zero-order valence-corrected chi connectivity index (χ0v) is 23.4. The molecule has 0 aromatic heterocycles. The average molecular weight is 480 g/mol. The number of aliphatic imine (C=N–C) groups is 2. The van der Waals surface area contributed by atoms with Crippen molar-refractivity contribution in [1.29, 1.82) is 0 Å². The first kappa shape index (κ1) is 29.7. The van der Waals surface area contributed by atoms with Gasteiger partial charge < -0.3 is 0 Å². The Bertz CT molecular complexity index is 651. The van der Waals surface area contributed by atoms with Crippen LogP contribution in [0.5, 0.6) is 0 Å². The quantitative estimate of drug-likeness (QED) is 0.117. The lowest BCUT2D eigenvalue weighted by molar-refractivity contribution is 0.240. The summed E-state index contributed by atoms with van der Waals surface area (Å²) in [6.07, 6.45) is 29.9. The maximum atomic E-state index is 4.64. The largest absolute Gasteiger partial charge is 0.244 e. The van der Waals surface area contributed by atoms with Crippen molar-refractivity contribution in [1.82, 2.24) is 0 Å². The van der Waals surface area contributed by atoms with Crippen LogP contribution in [0.25, 0.3) is 0 Å². The molecule has 0 fully saturated rings. The molecule has 1 heterocycles. The second kappa shape index (κ2) is 19.6. The number of hydrogen-bond donors (Lipinski definition) is 0. The van der Waals surface area contributed by atoms with Crippen molar-refractivity contribution in [2.24, 2.45) is 27.7 Å². The van der Waals surface area contributed by atoms with Crippen LogP contribution in [0.15, 0.2) is 40.3 Å². The fourth-order valence-electron chi connectivity index (χ4n) is 5.62. The van der Waals surface area contributed by atoms with Crippen molar-refractivity contribution in [3.63, 3.8) is 0 Å². The Labute approximate surface area is 218 Å². The molecular formula is C33H55N2+. The Kier molecular flexibility index (Phi) is 16.6. The van der Waals surface area contributed by atoms with Crippen molar-refractivity contribution >= 4 is 12.4 Å². The minimum Gasteiger partial charge on any atom is -0.0965 e. The lowest BCUT2D eigenvalue weighted by Gasteiger charge is -2.29. The summed E-state index contributed by atoms with van der Waals surface area (Å²) in [5, 5.41) is 0. The van der Waals surface area contributed by atoms with Gasteiger partial charge in [-0.1, -0.05) is 164 Å². The first-order chi connectivity index (χ1) is 17.2. The van der Waals surface area contributed by atoms with E-state index in [2.05, 4.69) is 61.1 Å². The Morgan fingerprint density at radius 1 is 0.629 bits per heavy atom. The maximum Gasteiger partial charge on any atom is 0.244 e. The number of unbranched alkanes of at least 4 members (excludes halogenated alkanes) is 15. The van der Waals surface area contributed by atoms with Gasteiger partial charge in [0.05, 0.1) is 5.92 Å². The molecule has 0 amide bonds. The third-order valence-corrected chi connectivity index (χ3v) is 7.87. The van der Waals surface area contributed by atoms with E-state index in [9.17, 15) is 0 Å². The second-order valence-electron chi connectivity index (χ2n) is 11.2. The monoisotopic (exact) mass is 479 g/mol. The Morgan fingerprint density at radius 3 is 1.54 bits per heavy atom. The van der Waals surface area contributed by atoms with E-state index >= 15 is 0 Å². The predicted molar refractivity (Wildman–Crippen MR) is 156 cm³/mol. The van der Waals surface area contributed by atoms with Crippen LogP contribution in [0.3, 0.4) is 0 Å². The van der Waals surface area contributed by atoms with Gasteiger partial charge in [0.15, 0.2) is 12.4 Å². The van der Waals surface area contributed by atoms with Gasteiger partial charge in [-0.25, -0.2) is 0 Å². The molecule has 0 aliphatic carbocycles. The van der Waals surface area contributed by atoms with Crippen molar-refractivity contribution in [3.8, 4) is 0 Å². The molecule has 1 aromatic carbocycles. The van der Waals surface area contributed by atoms with Crippen LogP contribution in [0.4, 0.5) is 0 Å². The first-order valence-corrected chi connectivity index (χ1v) is 15.2. The first-order valence-electron chi connectivity index (χ1n) is 15.2. The van der Waals surface area contributed by atoms with Gasteiger partial charge in [-0.3, -0.25) is 0 Å². The molecule has 2 rings (SSSR count). The van der Waals surface area contributed by atoms with Gasteiger partial charge in [0.2, 0.25) is 6.17 Å². The van der Waals surface area contributed by atoms with Crippen molar-refractivity contribution < 1.29 is 0 Å². The molecule has 1 aliphatic heterocycles. The third-order valence-electron chi connectivity index (χ3n) is 7.87. The molecule has 0 bridgehead atoms. The topological polar surface area (TPSA) is 24.7 Å². The zero-order valence-electron chi connectivity index (χ0n) is 23.4. The van der Waals surface area contributed by atoms with Gasteiger partial charge in [0.25, 0.3) is 0 Å². The van der Waals surface area contributed by atoms with E-state index in [1.165, 1.54) is 115 Å². The molecule has 2 nitrogen and oxygen atoms in total. The molecule has 35 heavy (non-hydrogen) atoms. The normalized spacial score (nSPS) is 14.8. The molecule has 2 heteroatoms. The number of nitrogens with zero attached hydrogens (tertiary/aromatic N) is 2. The Hall–Kier alpha value is -1.57. The van der Waals surface area contributed by atoms with E-state index in [0.29, 0.717) is 17.8 Å². The highest BCUT2D eigenvalue weighted by Crippen LogP contribution is 2.37. The molecule has 2 unspecified atom stereocenters. The number of rotatable bonds is 22. The molecule has 1 aliphatic rings. The van der Waals surface area contributed by atoms with Crippen molar-refractivity contribution in [2.75, 3.05) is 0 Å². The summed E-state index contributed by atoms with van der Waals surface area (Å²) in [7, 11) is 0. The van der Waals surface area contributed by atoms with Gasteiger partial charge in [0, 0.05) is 0 Å². The molecule has 0 saturated heterocycles. The smallest absolute Gasteiger partial charge is 0.0965 e. The lowest BCUT2D eigenvalue weighted by atomic mass is 9.75. The van der Waals surface area contributed by atoms with Gasteiger partial charge in [-0.05, 0) is 30.2 Å². The molecule has 1 aromatic rings. The number of hydrogen-bond acceptors (Lipinski definition) is 2. The molecule has 0 spiro atoms. The molecule has 0 radical (unpaired) electrons. The zero-order chi connectivity index (χ0) is 25.0. The summed E-state index contributed by atoms with van der Waals surface area (Å²) in [5.41, 5.74) is 1.44. The van der Waals surface area contributed by atoms with Crippen LogP contribution in [-0.4, -0.2) is 12.4 Å². The van der Waals surface area contributed by atoms with Gasteiger partial charge >= 0.3 is 0 Å². The fourth-order valence-corrected chi connectivity index (χ4v) is 5.62. The minimum atomic E-state index is 0.469. The van der Waals surface area contributed by atoms with E-state index in [0.717, 1.165) is 12.6 Å². The predicted octanol–water partition coefficient (Wildman–Crippen LogP) is 10.4. The van der Waals surface area contributed by atoms with Crippen LogP contribution in [0.1, 0.15) is 135 Å². The summed E-state index contributed by atoms with van der Waals surface area (Å²) < 4.78 is 0. The highest BCUT2D eigenvalue weighted by Gasteiger charge is 2.36. The average Bonchev–Trinajstić information content (AvgIpc) is 3.40. The van der Waals surface area contributed by atoms with E-state index in [1.807, 2.05) is 12.4 Å². The highest BCUT2D eigenvalue weighted by atomic mass is 15.0. The standard InChI is InChI=1S/C33H55N2/c1-4-5-6-7-8-9-10-11-12-13-14-15-16-17-18-22-25-31(33-34-26-27-35-33)32(29(2)3)28-30-23-20-19-21-24-30/h19-21,23-24,26-27,29,31-32H,4-18,22,25,28H2,1-3H3/q+1. The van der Waals surface area contributed by atoms with E-state index in [4.69, 9.17) is 0 Å². The fraction of sp³-hybridized carbons (Fsp3) is 0.727. The van der Waals surface area contributed by atoms with Crippen LogP contribution in [0, 0.1) is 23.9 Å². The maximum absolute atomic E-state index is 4.64. The van der Waals surface area contributed by atoms with Crippen molar-refractivity contribution in [3.05, 3.63) is 42.1 Å². The highest BCUT2D eigenvalue weighted by molar-refractivity contribution is 6.18. The Morgan fingerprint density at radius 2 is 1.09 bits per heavy atom. The summed E-state index contributed by atoms with van der Waals surface area (Å²) in [6.45, 7) is 7.04. The molecule has 0 N–H and O–H groups in total. The summed E-state index contributed by atoms with van der Waals surface area (Å²) in [6, 6.07) is 11.0. The van der Waals surface area contributed by atoms with E-state index < -0.39 is 0 Å². The van der Waals surface area contributed by atoms with Gasteiger partial charge in [-0.15, -0.1) is 0 Å². The van der Waals surface area contributed by atoms with Crippen LogP contribution >= 0.6 is 0 Å². The molecular weight excluding hydrogens is 424 g/mol. The van der Waals surface area contributed by atoms with Gasteiger partial charge in [0.1, 0.15) is 0 Å². The minimum absolute atomic E-state index is 0.469. The summed E-state index contributed by atoms with van der Waals surface area (Å²) in [5.74, 6) is 1.69. The van der Waals surface area contributed by atoms with Crippen LogP contribution in [0.2, 0.25) is 0 Å². The van der Waals surface area contributed by atoms with E-state index in [1.54, 1.807) is 0 Å². The van der Waals surface area contributed by atoms with Crippen molar-refractivity contribution in [2.45, 2.75) is 136 Å². The summed E-state index contributed by atoms with van der Waals surface area (Å²) in [4.78, 5) is 9.28. The molecule has 196 valence electrons. The Balaban J connectivity index is 1.56. The summed E-state index contributed by atoms with van der Waals surface area (Å²) >= 11 is 0. The molecule has 2 atom stereocenters. The lowest BCUT2D eigenvalue weighted by Crippen LogP contribution is -2.26. The van der Waals surface area contributed by atoms with Crippen LogP contribution in [-0.2, 0) is 6.42 Å². The van der Waals surface area contributed by atoms with Gasteiger partial charge in [-0.2, -0.15) is 0 Å². The second-order valence-corrected chi connectivity index (χ2v) is 11.2. The van der Waals surface area contributed by atoms with E-state index in [-0.39, 0.29) is 0 Å². The SMILES string of the molecule is CCCCCCCCCCCCCCCCCCC([C+]1N=CC=N1)C(Cc1ccccc1)C(C)C. The third kappa shape index (κ3) is 13.3. The molecule has 0 saturated carbocycles. The van der Waals surface area contributed by atoms with Crippen LogP contribution < -0.4 is 0 Å².